The number of ether oxygens (including phenoxy) is 1. The van der Waals surface area contributed by atoms with Gasteiger partial charge in [-0.3, -0.25) is 0 Å². The quantitative estimate of drug-likeness (QED) is 0.796. The van der Waals surface area contributed by atoms with Gasteiger partial charge in [0.1, 0.15) is 17.3 Å². The van der Waals surface area contributed by atoms with Crippen LogP contribution in [0.25, 0.3) is 0 Å². The van der Waals surface area contributed by atoms with Gasteiger partial charge in [-0.1, -0.05) is 0 Å². The maximum atomic E-state index is 13.5. The Balaban J connectivity index is 2.26. The van der Waals surface area contributed by atoms with Gasteiger partial charge in [-0.05, 0) is 37.3 Å². The lowest BCUT2D eigenvalue weighted by molar-refractivity contribution is 0.0514. The predicted octanol–water partition coefficient (Wildman–Crippen LogP) is 2.99. The van der Waals surface area contributed by atoms with Crippen LogP contribution in [-0.2, 0) is 11.3 Å². The first kappa shape index (κ1) is 13.3. The van der Waals surface area contributed by atoms with Crippen molar-refractivity contribution in [2.75, 3.05) is 6.61 Å². The molecule has 5 heteroatoms. The van der Waals surface area contributed by atoms with Crippen molar-refractivity contribution >= 4 is 5.97 Å². The van der Waals surface area contributed by atoms with E-state index in [-0.39, 0.29) is 18.7 Å². The van der Waals surface area contributed by atoms with E-state index in [0.717, 1.165) is 18.2 Å². The van der Waals surface area contributed by atoms with Crippen molar-refractivity contribution in [3.05, 3.63) is 59.4 Å². The Bertz CT molecular complexity index is 593. The van der Waals surface area contributed by atoms with Gasteiger partial charge in [0.15, 0.2) is 0 Å². The standard InChI is InChI=1S/C14H13F2NO2/c1-2-19-14(18)13-4-3-7-17(13)9-10-8-11(15)5-6-12(10)16/h3-8H,2,9H2,1H3. The van der Waals surface area contributed by atoms with Crippen molar-refractivity contribution in [3.8, 4) is 0 Å². The van der Waals surface area contributed by atoms with E-state index in [4.69, 9.17) is 4.74 Å². The minimum Gasteiger partial charge on any atom is -0.461 e. The number of esters is 1. The summed E-state index contributed by atoms with van der Waals surface area (Å²) >= 11 is 0. The molecule has 0 unspecified atom stereocenters. The van der Waals surface area contributed by atoms with Crippen molar-refractivity contribution in [3.63, 3.8) is 0 Å². The SMILES string of the molecule is CCOC(=O)c1cccn1Cc1cc(F)ccc1F. The summed E-state index contributed by atoms with van der Waals surface area (Å²) in [5.41, 5.74) is 0.493. The molecule has 0 saturated heterocycles. The maximum Gasteiger partial charge on any atom is 0.354 e. The van der Waals surface area contributed by atoms with E-state index < -0.39 is 17.6 Å². The number of rotatable bonds is 4. The molecule has 0 radical (unpaired) electrons. The number of nitrogens with zero attached hydrogens (tertiary/aromatic N) is 1. The zero-order chi connectivity index (χ0) is 13.8. The summed E-state index contributed by atoms with van der Waals surface area (Å²) in [5.74, 6) is -1.50. The summed E-state index contributed by atoms with van der Waals surface area (Å²) in [7, 11) is 0. The Morgan fingerprint density at radius 2 is 2.11 bits per heavy atom. The van der Waals surface area contributed by atoms with E-state index in [1.807, 2.05) is 0 Å². The van der Waals surface area contributed by atoms with Gasteiger partial charge in [0.25, 0.3) is 0 Å². The molecule has 0 spiro atoms. The van der Waals surface area contributed by atoms with E-state index in [1.165, 1.54) is 4.57 Å². The molecule has 3 nitrogen and oxygen atoms in total. The predicted molar refractivity (Wildman–Crippen MR) is 65.8 cm³/mol. The van der Waals surface area contributed by atoms with E-state index in [0.29, 0.717) is 5.69 Å². The fourth-order valence-electron chi connectivity index (χ4n) is 1.79. The highest BCUT2D eigenvalue weighted by molar-refractivity contribution is 5.87. The van der Waals surface area contributed by atoms with Crippen LogP contribution in [0.2, 0.25) is 0 Å². The van der Waals surface area contributed by atoms with E-state index in [2.05, 4.69) is 0 Å². The average Bonchev–Trinajstić information content (AvgIpc) is 2.82. The van der Waals surface area contributed by atoms with Crippen molar-refractivity contribution in [2.24, 2.45) is 0 Å². The number of aromatic nitrogens is 1. The minimum atomic E-state index is -0.513. The van der Waals surface area contributed by atoms with Gasteiger partial charge in [0, 0.05) is 11.8 Å². The third-order valence-corrected chi connectivity index (χ3v) is 2.66. The lowest BCUT2D eigenvalue weighted by Gasteiger charge is -2.09. The monoisotopic (exact) mass is 265 g/mol. The summed E-state index contributed by atoms with van der Waals surface area (Å²) in [5, 5.41) is 0. The molecular weight excluding hydrogens is 252 g/mol. The average molecular weight is 265 g/mol. The Morgan fingerprint density at radius 3 is 2.84 bits per heavy atom. The smallest absolute Gasteiger partial charge is 0.354 e. The Kier molecular flexibility index (Phi) is 3.94. The van der Waals surface area contributed by atoms with Crippen LogP contribution in [0, 0.1) is 11.6 Å². The number of hydrogen-bond donors (Lipinski definition) is 0. The van der Waals surface area contributed by atoms with Crippen LogP contribution in [0.15, 0.2) is 36.5 Å². The van der Waals surface area contributed by atoms with E-state index >= 15 is 0 Å². The van der Waals surface area contributed by atoms with Gasteiger partial charge in [-0.25, -0.2) is 13.6 Å². The fraction of sp³-hybridized carbons (Fsp3) is 0.214. The molecule has 1 heterocycles. The van der Waals surface area contributed by atoms with Crippen LogP contribution in [-0.4, -0.2) is 17.1 Å². The second kappa shape index (κ2) is 5.65. The van der Waals surface area contributed by atoms with E-state index in [1.54, 1.807) is 25.3 Å². The molecule has 2 aromatic rings. The molecule has 0 fully saturated rings. The lowest BCUT2D eigenvalue weighted by atomic mass is 10.2. The van der Waals surface area contributed by atoms with Gasteiger partial charge < -0.3 is 9.30 Å². The number of carbonyl (C=O) groups is 1. The molecule has 0 bridgehead atoms. The molecule has 0 amide bonds. The molecule has 0 N–H and O–H groups in total. The lowest BCUT2D eigenvalue weighted by Crippen LogP contribution is -2.13. The second-order valence-electron chi connectivity index (χ2n) is 3.98. The third kappa shape index (κ3) is 2.99. The number of carbonyl (C=O) groups excluding carboxylic acids is 1. The fourth-order valence-corrected chi connectivity index (χ4v) is 1.79. The Morgan fingerprint density at radius 1 is 1.32 bits per heavy atom. The Labute approximate surface area is 109 Å². The molecule has 1 aromatic heterocycles. The van der Waals surface area contributed by atoms with Gasteiger partial charge in [-0.15, -0.1) is 0 Å². The highest BCUT2D eigenvalue weighted by Crippen LogP contribution is 2.14. The molecule has 0 atom stereocenters. The highest BCUT2D eigenvalue weighted by atomic mass is 19.1. The number of hydrogen-bond acceptors (Lipinski definition) is 2. The number of benzene rings is 1. The topological polar surface area (TPSA) is 31.2 Å². The molecule has 0 aliphatic heterocycles. The molecule has 0 saturated carbocycles. The summed E-state index contributed by atoms with van der Waals surface area (Å²) in [6.45, 7) is 2.04. The minimum absolute atomic E-state index is 0.0741. The number of halogens is 2. The van der Waals surface area contributed by atoms with Crippen molar-refractivity contribution in [2.45, 2.75) is 13.5 Å². The molecule has 0 aliphatic carbocycles. The van der Waals surface area contributed by atoms with Crippen molar-refractivity contribution in [1.82, 2.24) is 4.57 Å². The van der Waals surface area contributed by atoms with Crippen LogP contribution in [0.5, 0.6) is 0 Å². The van der Waals surface area contributed by atoms with Crippen molar-refractivity contribution < 1.29 is 18.3 Å². The zero-order valence-electron chi connectivity index (χ0n) is 10.4. The second-order valence-corrected chi connectivity index (χ2v) is 3.98. The summed E-state index contributed by atoms with van der Waals surface area (Å²) in [4.78, 5) is 11.7. The van der Waals surface area contributed by atoms with E-state index in [9.17, 15) is 13.6 Å². The van der Waals surface area contributed by atoms with Gasteiger partial charge in [-0.2, -0.15) is 0 Å². The van der Waals surface area contributed by atoms with Crippen LogP contribution in [0.1, 0.15) is 23.0 Å². The first-order chi connectivity index (χ1) is 9.11. The van der Waals surface area contributed by atoms with Gasteiger partial charge in [0.2, 0.25) is 0 Å². The largest absolute Gasteiger partial charge is 0.461 e. The molecule has 19 heavy (non-hydrogen) atoms. The van der Waals surface area contributed by atoms with Crippen molar-refractivity contribution in [1.29, 1.82) is 0 Å². The Hall–Kier alpha value is -2.17. The van der Waals surface area contributed by atoms with Gasteiger partial charge in [0.05, 0.1) is 13.2 Å². The maximum absolute atomic E-state index is 13.5. The summed E-state index contributed by atoms with van der Waals surface area (Å²) in [6.07, 6.45) is 1.62. The molecule has 2 rings (SSSR count). The molecule has 0 aliphatic rings. The molecule has 1 aromatic carbocycles. The van der Waals surface area contributed by atoms with Crippen LogP contribution >= 0.6 is 0 Å². The summed E-state index contributed by atoms with van der Waals surface area (Å²) < 4.78 is 33.0. The van der Waals surface area contributed by atoms with Crippen LogP contribution < -0.4 is 0 Å². The molecular formula is C14H13F2NO2. The third-order valence-electron chi connectivity index (χ3n) is 2.66. The normalized spacial score (nSPS) is 10.5. The molecule has 100 valence electrons. The summed E-state index contributed by atoms with van der Waals surface area (Å²) in [6, 6.07) is 6.47. The first-order valence-electron chi connectivity index (χ1n) is 5.88. The van der Waals surface area contributed by atoms with Crippen LogP contribution in [0.4, 0.5) is 8.78 Å². The highest BCUT2D eigenvalue weighted by Gasteiger charge is 2.13. The van der Waals surface area contributed by atoms with Crippen LogP contribution in [0.3, 0.4) is 0 Å². The zero-order valence-corrected chi connectivity index (χ0v) is 10.4. The van der Waals surface area contributed by atoms with Gasteiger partial charge >= 0.3 is 5.97 Å². The first-order valence-corrected chi connectivity index (χ1v) is 5.88.